The van der Waals surface area contributed by atoms with Gasteiger partial charge in [0.15, 0.2) is 0 Å². The lowest BCUT2D eigenvalue weighted by molar-refractivity contribution is -0.274. The van der Waals surface area contributed by atoms with Gasteiger partial charge in [0.2, 0.25) is 0 Å². The van der Waals surface area contributed by atoms with Gasteiger partial charge < -0.3 is 4.74 Å². The first kappa shape index (κ1) is 23.7. The third-order valence-corrected chi connectivity index (χ3v) is 7.32. The zero-order valence-corrected chi connectivity index (χ0v) is 18.2. The second-order valence-corrected chi connectivity index (χ2v) is 9.41. The maximum Gasteiger partial charge on any atom is 0.573 e. The molecule has 0 aromatic heterocycles. The summed E-state index contributed by atoms with van der Waals surface area (Å²) in [6.45, 7) is 0. The van der Waals surface area contributed by atoms with Crippen molar-refractivity contribution in [2.24, 2.45) is 17.8 Å². The zero-order valence-electron chi connectivity index (χ0n) is 18.2. The number of halogens is 3. The Morgan fingerprint density at radius 3 is 1.87 bits per heavy atom. The summed E-state index contributed by atoms with van der Waals surface area (Å²) in [6, 6.07) is 8.51. The molecule has 3 rings (SSSR count). The number of nitrogens with zero attached hydrogens (tertiary/aromatic N) is 1. The van der Waals surface area contributed by atoms with Gasteiger partial charge in [-0.2, -0.15) is 5.26 Å². The number of nitriles is 1. The predicted molar refractivity (Wildman–Crippen MR) is 116 cm³/mol. The lowest BCUT2D eigenvalue weighted by atomic mass is 9.74. The number of allylic oxidation sites excluding steroid dienone is 2. The van der Waals surface area contributed by atoms with Gasteiger partial charge in [-0.25, -0.2) is 0 Å². The molecule has 0 N–H and O–H groups in total. The Balaban J connectivity index is 1.32. The van der Waals surface area contributed by atoms with Crippen LogP contribution < -0.4 is 4.74 Å². The molecule has 170 valence electrons. The summed E-state index contributed by atoms with van der Waals surface area (Å²) in [6.07, 6.45) is 14.0. The summed E-state index contributed by atoms with van der Waals surface area (Å²) < 4.78 is 40.9. The van der Waals surface area contributed by atoms with Crippen LogP contribution in [0.25, 0.3) is 0 Å². The summed E-state index contributed by atoms with van der Waals surface area (Å²) in [5.74, 6) is 2.84. The Labute approximate surface area is 184 Å². The molecule has 0 spiro atoms. The molecule has 1 aromatic rings. The van der Waals surface area contributed by atoms with E-state index in [2.05, 4.69) is 10.8 Å². The van der Waals surface area contributed by atoms with E-state index in [4.69, 9.17) is 5.26 Å². The minimum Gasteiger partial charge on any atom is -0.406 e. The van der Waals surface area contributed by atoms with Crippen LogP contribution in [0, 0.1) is 29.1 Å². The van der Waals surface area contributed by atoms with Crippen molar-refractivity contribution >= 4 is 0 Å². The van der Waals surface area contributed by atoms with Crippen LogP contribution in [0.5, 0.6) is 5.75 Å². The van der Waals surface area contributed by atoms with Crippen LogP contribution in [0.3, 0.4) is 0 Å². The molecule has 0 bridgehead atoms. The van der Waals surface area contributed by atoms with Crippen LogP contribution in [0.1, 0.15) is 88.5 Å². The fraction of sp³-hybridized carbons (Fsp3) is 0.654. The number of hydrogen-bond acceptors (Lipinski definition) is 2. The van der Waals surface area contributed by atoms with Gasteiger partial charge in [0, 0.05) is 6.08 Å². The first-order valence-electron chi connectivity index (χ1n) is 11.8. The smallest absolute Gasteiger partial charge is 0.406 e. The van der Waals surface area contributed by atoms with Gasteiger partial charge in [-0.05, 0) is 79.9 Å². The normalized spacial score (nSPS) is 27.2. The highest BCUT2D eigenvalue weighted by Gasteiger charge is 2.31. The SMILES string of the molecule is N#CC=CCC[C@H]1CC[C@H](CC[C@H]2CC[C@H](c3ccc(OC(F)(F)F)cc3)CC2)CC1. The van der Waals surface area contributed by atoms with Crippen molar-refractivity contribution in [2.45, 2.75) is 89.3 Å². The number of hydrogen-bond donors (Lipinski definition) is 0. The van der Waals surface area contributed by atoms with Crippen LogP contribution in [0.4, 0.5) is 13.2 Å². The third-order valence-electron chi connectivity index (χ3n) is 7.32. The minimum absolute atomic E-state index is 0.140. The summed E-state index contributed by atoms with van der Waals surface area (Å²) in [7, 11) is 0. The zero-order chi connectivity index (χ0) is 22.1. The standard InChI is InChI=1S/C26H34F3NO/c27-26(28,29)31-25-17-15-24(16-18-25)23-13-11-22(12-14-23)10-9-21-7-5-20(6-8-21)4-2-1-3-19-30/h1,3,15-18,20-23H,2,4-14H2/t20-,21-,22-,23-. The first-order chi connectivity index (χ1) is 14.9. The molecule has 5 heteroatoms. The van der Waals surface area contributed by atoms with E-state index in [1.54, 1.807) is 18.2 Å². The molecule has 0 aliphatic heterocycles. The number of benzene rings is 1. The highest BCUT2D eigenvalue weighted by atomic mass is 19.4. The Morgan fingerprint density at radius 1 is 0.839 bits per heavy atom. The molecule has 0 amide bonds. The van der Waals surface area contributed by atoms with Crippen molar-refractivity contribution in [1.82, 2.24) is 0 Å². The molecule has 2 aliphatic rings. The molecule has 2 fully saturated rings. The van der Waals surface area contributed by atoms with E-state index < -0.39 is 6.36 Å². The van der Waals surface area contributed by atoms with Crippen LogP contribution in [0.2, 0.25) is 0 Å². The van der Waals surface area contributed by atoms with Crippen molar-refractivity contribution in [2.75, 3.05) is 0 Å². The molecular formula is C26H34F3NO. The topological polar surface area (TPSA) is 33.0 Å². The highest BCUT2D eigenvalue weighted by Crippen LogP contribution is 2.40. The summed E-state index contributed by atoms with van der Waals surface area (Å²) in [5.41, 5.74) is 1.14. The number of alkyl halides is 3. The molecule has 0 radical (unpaired) electrons. The molecule has 2 saturated carbocycles. The second-order valence-electron chi connectivity index (χ2n) is 9.41. The van der Waals surface area contributed by atoms with E-state index in [-0.39, 0.29) is 5.75 Å². The largest absolute Gasteiger partial charge is 0.573 e. The maximum absolute atomic E-state index is 12.3. The summed E-state index contributed by atoms with van der Waals surface area (Å²) >= 11 is 0. The van der Waals surface area contributed by atoms with Gasteiger partial charge in [0.25, 0.3) is 0 Å². The van der Waals surface area contributed by atoms with Gasteiger partial charge in [0.05, 0.1) is 6.07 Å². The van der Waals surface area contributed by atoms with Crippen LogP contribution >= 0.6 is 0 Å². The first-order valence-corrected chi connectivity index (χ1v) is 11.8. The predicted octanol–water partition coefficient (Wildman–Crippen LogP) is 8.31. The van der Waals surface area contributed by atoms with E-state index in [1.165, 1.54) is 69.9 Å². The van der Waals surface area contributed by atoms with Crippen LogP contribution in [-0.4, -0.2) is 6.36 Å². The molecule has 0 atom stereocenters. The fourth-order valence-electron chi connectivity index (χ4n) is 5.47. The maximum atomic E-state index is 12.3. The monoisotopic (exact) mass is 433 g/mol. The van der Waals surface area contributed by atoms with Crippen molar-refractivity contribution < 1.29 is 17.9 Å². The van der Waals surface area contributed by atoms with Crippen molar-refractivity contribution in [1.29, 1.82) is 5.26 Å². The Bertz CT molecular complexity index is 719. The summed E-state index contributed by atoms with van der Waals surface area (Å²) in [5, 5.41) is 8.55. The molecule has 2 nitrogen and oxygen atoms in total. The molecule has 0 saturated heterocycles. The van der Waals surface area contributed by atoms with E-state index in [0.717, 1.165) is 42.6 Å². The Kier molecular flexibility index (Phi) is 8.87. The van der Waals surface area contributed by atoms with Crippen molar-refractivity contribution in [3.63, 3.8) is 0 Å². The second kappa shape index (κ2) is 11.6. The molecular weight excluding hydrogens is 399 g/mol. The van der Waals surface area contributed by atoms with E-state index in [0.29, 0.717) is 5.92 Å². The lowest BCUT2D eigenvalue weighted by Crippen LogP contribution is -2.18. The van der Waals surface area contributed by atoms with E-state index in [1.807, 2.05) is 6.08 Å². The van der Waals surface area contributed by atoms with Crippen molar-refractivity contribution in [3.8, 4) is 11.8 Å². The molecule has 31 heavy (non-hydrogen) atoms. The van der Waals surface area contributed by atoms with Gasteiger partial charge in [0.1, 0.15) is 5.75 Å². The number of rotatable bonds is 8. The average Bonchev–Trinajstić information content (AvgIpc) is 2.76. The van der Waals surface area contributed by atoms with Gasteiger partial charge >= 0.3 is 6.36 Å². The highest BCUT2D eigenvalue weighted by molar-refractivity contribution is 5.29. The lowest BCUT2D eigenvalue weighted by Gasteiger charge is -2.32. The third kappa shape index (κ3) is 8.24. The van der Waals surface area contributed by atoms with E-state index in [9.17, 15) is 13.2 Å². The molecule has 0 heterocycles. The average molecular weight is 434 g/mol. The number of ether oxygens (including phenoxy) is 1. The van der Waals surface area contributed by atoms with Gasteiger partial charge in [-0.1, -0.05) is 56.7 Å². The van der Waals surface area contributed by atoms with E-state index >= 15 is 0 Å². The fourth-order valence-corrected chi connectivity index (χ4v) is 5.47. The molecule has 1 aromatic carbocycles. The molecule has 2 aliphatic carbocycles. The van der Waals surface area contributed by atoms with Crippen LogP contribution in [-0.2, 0) is 0 Å². The van der Waals surface area contributed by atoms with Crippen LogP contribution in [0.15, 0.2) is 36.4 Å². The molecule has 0 unspecified atom stereocenters. The van der Waals surface area contributed by atoms with Gasteiger partial charge in [-0.3, -0.25) is 0 Å². The quantitative estimate of drug-likeness (QED) is 0.386. The van der Waals surface area contributed by atoms with Gasteiger partial charge in [-0.15, -0.1) is 13.2 Å². The Hall–Kier alpha value is -1.96. The summed E-state index contributed by atoms with van der Waals surface area (Å²) in [4.78, 5) is 0. The van der Waals surface area contributed by atoms with Crippen molar-refractivity contribution in [3.05, 3.63) is 42.0 Å². The minimum atomic E-state index is -4.63. The Morgan fingerprint density at radius 2 is 1.35 bits per heavy atom.